The molecule has 0 unspecified atom stereocenters. The van der Waals surface area contributed by atoms with Crippen LogP contribution in [0.1, 0.15) is 13.8 Å². The summed E-state index contributed by atoms with van der Waals surface area (Å²) in [5, 5.41) is 0.0412. The van der Waals surface area contributed by atoms with Crippen LogP contribution in [-0.4, -0.2) is 36.3 Å². The monoisotopic (exact) mass is 247 g/mol. The van der Waals surface area contributed by atoms with Gasteiger partial charge in [-0.1, -0.05) is 0 Å². The molecule has 0 amide bonds. The fourth-order valence-corrected chi connectivity index (χ4v) is 1.47. The van der Waals surface area contributed by atoms with E-state index in [1.807, 2.05) is 13.8 Å². The van der Waals surface area contributed by atoms with Gasteiger partial charge in [0.1, 0.15) is 0 Å². The number of nitrogens with zero attached hydrogens (tertiary/aromatic N) is 3. The van der Waals surface area contributed by atoms with Gasteiger partial charge in [-0.25, -0.2) is 9.37 Å². The second-order valence-electron chi connectivity index (χ2n) is 3.59. The summed E-state index contributed by atoms with van der Waals surface area (Å²) in [6.07, 6.45) is 1.08. The van der Waals surface area contributed by atoms with E-state index >= 15 is 0 Å². The smallest absolute Gasteiger partial charge is 0.224 e. The summed E-state index contributed by atoms with van der Waals surface area (Å²) < 4.78 is 18.5. The first kappa shape index (κ1) is 13.1. The predicted molar refractivity (Wildman–Crippen MR) is 61.4 cm³/mol. The molecule has 1 rings (SSSR count). The van der Waals surface area contributed by atoms with Crippen LogP contribution in [0, 0.1) is 5.82 Å². The zero-order chi connectivity index (χ0) is 12.1. The van der Waals surface area contributed by atoms with Crippen LogP contribution in [0.2, 0.25) is 5.28 Å². The fourth-order valence-electron chi connectivity index (χ4n) is 1.34. The molecule has 4 nitrogen and oxygen atoms in total. The van der Waals surface area contributed by atoms with Crippen LogP contribution < -0.4 is 4.90 Å². The van der Waals surface area contributed by atoms with Crippen LogP contribution in [0.4, 0.5) is 10.2 Å². The van der Waals surface area contributed by atoms with Gasteiger partial charge in [-0.2, -0.15) is 4.98 Å². The first-order valence-corrected chi connectivity index (χ1v) is 5.37. The van der Waals surface area contributed by atoms with E-state index < -0.39 is 5.82 Å². The lowest BCUT2D eigenvalue weighted by Crippen LogP contribution is -2.35. The Morgan fingerprint density at radius 1 is 1.56 bits per heavy atom. The van der Waals surface area contributed by atoms with Gasteiger partial charge in [0.25, 0.3) is 0 Å². The number of anilines is 1. The summed E-state index contributed by atoms with van der Waals surface area (Å²) in [4.78, 5) is 9.26. The Bertz CT molecular complexity index is 349. The molecule has 16 heavy (non-hydrogen) atoms. The minimum Gasteiger partial charge on any atom is -0.383 e. The normalized spacial score (nSPS) is 10.9. The highest BCUT2D eigenvalue weighted by atomic mass is 35.5. The highest BCUT2D eigenvalue weighted by molar-refractivity contribution is 6.28. The molecule has 0 spiro atoms. The molecule has 6 heteroatoms. The number of rotatable bonds is 5. The maximum absolute atomic E-state index is 13.5. The van der Waals surface area contributed by atoms with Crippen LogP contribution in [0.25, 0.3) is 0 Å². The first-order chi connectivity index (χ1) is 7.56. The Labute approximate surface area is 99.4 Å². The lowest BCUT2D eigenvalue weighted by atomic mass is 10.3. The van der Waals surface area contributed by atoms with Crippen molar-refractivity contribution in [2.45, 2.75) is 19.9 Å². The van der Waals surface area contributed by atoms with Crippen molar-refractivity contribution in [1.82, 2.24) is 9.97 Å². The molecule has 0 aromatic carbocycles. The maximum atomic E-state index is 13.5. The van der Waals surface area contributed by atoms with Crippen molar-refractivity contribution in [3.63, 3.8) is 0 Å². The van der Waals surface area contributed by atoms with Crippen LogP contribution >= 0.6 is 11.6 Å². The number of methoxy groups -OCH3 is 1. The summed E-state index contributed by atoms with van der Waals surface area (Å²) in [7, 11) is 1.60. The van der Waals surface area contributed by atoms with E-state index in [1.165, 1.54) is 0 Å². The van der Waals surface area contributed by atoms with Gasteiger partial charge in [0.05, 0.1) is 12.8 Å². The van der Waals surface area contributed by atoms with E-state index in [0.29, 0.717) is 13.2 Å². The maximum Gasteiger partial charge on any atom is 0.224 e. The van der Waals surface area contributed by atoms with E-state index in [0.717, 1.165) is 6.20 Å². The number of ether oxygens (including phenoxy) is 1. The molecule has 1 aromatic heterocycles. The Hall–Kier alpha value is -0.940. The second kappa shape index (κ2) is 5.96. The average molecular weight is 248 g/mol. The Morgan fingerprint density at radius 3 is 2.81 bits per heavy atom. The summed E-state index contributed by atoms with van der Waals surface area (Å²) in [5.41, 5.74) is 0. The van der Waals surface area contributed by atoms with Crippen molar-refractivity contribution in [2.24, 2.45) is 0 Å². The third-order valence-corrected chi connectivity index (χ3v) is 2.31. The number of hydrogen-bond acceptors (Lipinski definition) is 4. The van der Waals surface area contributed by atoms with Crippen LogP contribution in [-0.2, 0) is 4.74 Å². The predicted octanol–water partition coefficient (Wildman–Crippen LogP) is 2.13. The molecule has 0 aliphatic carbocycles. The average Bonchev–Trinajstić information content (AvgIpc) is 2.23. The van der Waals surface area contributed by atoms with Crippen molar-refractivity contribution < 1.29 is 9.13 Å². The standard InChI is InChI=1S/C10H15ClFN3O/c1-7(2)15(4-5-16-3)9-8(12)6-13-10(11)14-9/h6-7H,4-5H2,1-3H3. The Balaban J connectivity index is 2.95. The molecule has 0 saturated carbocycles. The topological polar surface area (TPSA) is 38.2 Å². The van der Waals surface area contributed by atoms with Gasteiger partial charge >= 0.3 is 0 Å². The highest BCUT2D eigenvalue weighted by Crippen LogP contribution is 2.19. The van der Waals surface area contributed by atoms with Gasteiger partial charge in [-0.05, 0) is 25.4 Å². The third kappa shape index (κ3) is 3.28. The number of hydrogen-bond donors (Lipinski definition) is 0. The first-order valence-electron chi connectivity index (χ1n) is 5.00. The second-order valence-corrected chi connectivity index (χ2v) is 3.93. The molecule has 1 heterocycles. The molecule has 0 fully saturated rings. The lowest BCUT2D eigenvalue weighted by Gasteiger charge is -2.27. The Morgan fingerprint density at radius 2 is 2.25 bits per heavy atom. The van der Waals surface area contributed by atoms with Crippen molar-refractivity contribution in [3.8, 4) is 0 Å². The highest BCUT2D eigenvalue weighted by Gasteiger charge is 2.17. The van der Waals surface area contributed by atoms with E-state index in [9.17, 15) is 4.39 Å². The zero-order valence-corrected chi connectivity index (χ0v) is 10.3. The number of aromatic nitrogens is 2. The largest absolute Gasteiger partial charge is 0.383 e. The SMILES string of the molecule is COCCN(c1nc(Cl)ncc1F)C(C)C. The number of halogens is 2. The van der Waals surface area contributed by atoms with Crippen molar-refractivity contribution in [1.29, 1.82) is 0 Å². The summed E-state index contributed by atoms with van der Waals surface area (Å²) in [6, 6.07) is 0.107. The molecule has 1 aromatic rings. The zero-order valence-electron chi connectivity index (χ0n) is 9.57. The molecule has 0 saturated heterocycles. The summed E-state index contributed by atoms with van der Waals surface area (Å²) in [5.74, 6) is -0.263. The van der Waals surface area contributed by atoms with E-state index in [-0.39, 0.29) is 17.1 Å². The van der Waals surface area contributed by atoms with Crippen LogP contribution in [0.3, 0.4) is 0 Å². The Kier molecular flexibility index (Phi) is 4.89. The van der Waals surface area contributed by atoms with E-state index in [2.05, 4.69) is 9.97 Å². The summed E-state index contributed by atoms with van der Waals surface area (Å²) >= 11 is 5.65. The van der Waals surface area contributed by atoms with Gasteiger partial charge < -0.3 is 9.64 Å². The van der Waals surface area contributed by atoms with Gasteiger partial charge in [0, 0.05) is 19.7 Å². The molecular weight excluding hydrogens is 233 g/mol. The van der Waals surface area contributed by atoms with E-state index in [4.69, 9.17) is 16.3 Å². The molecule has 90 valence electrons. The molecule has 0 radical (unpaired) electrons. The third-order valence-electron chi connectivity index (χ3n) is 2.13. The molecule has 0 atom stereocenters. The van der Waals surface area contributed by atoms with Crippen molar-refractivity contribution in [2.75, 3.05) is 25.2 Å². The van der Waals surface area contributed by atoms with Gasteiger partial charge in [-0.15, -0.1) is 0 Å². The molecular formula is C10H15ClFN3O. The fraction of sp³-hybridized carbons (Fsp3) is 0.600. The lowest BCUT2D eigenvalue weighted by molar-refractivity contribution is 0.203. The van der Waals surface area contributed by atoms with E-state index in [1.54, 1.807) is 12.0 Å². The van der Waals surface area contributed by atoms with Crippen LogP contribution in [0.15, 0.2) is 6.20 Å². The molecule has 0 bridgehead atoms. The van der Waals surface area contributed by atoms with Gasteiger partial charge in [0.2, 0.25) is 5.28 Å². The van der Waals surface area contributed by atoms with Crippen LogP contribution in [0.5, 0.6) is 0 Å². The molecule has 0 aliphatic rings. The quantitative estimate of drug-likeness (QED) is 0.748. The van der Waals surface area contributed by atoms with Crippen molar-refractivity contribution >= 4 is 17.4 Å². The van der Waals surface area contributed by atoms with Crippen molar-refractivity contribution in [3.05, 3.63) is 17.3 Å². The minimum absolute atomic E-state index is 0.0412. The minimum atomic E-state index is -0.478. The molecule has 0 N–H and O–H groups in total. The summed E-state index contributed by atoms with van der Waals surface area (Å²) in [6.45, 7) is 4.95. The van der Waals surface area contributed by atoms with Gasteiger partial charge in [0.15, 0.2) is 11.6 Å². The van der Waals surface area contributed by atoms with Gasteiger partial charge in [-0.3, -0.25) is 0 Å². The molecule has 0 aliphatic heterocycles.